The standard InChI is InChI=1S/C21H31N3O.HI/c1-2-22-20(23-14-9-18-10-15-25-16-11-18)24-17-21(12-6-13-21)19-7-4-3-5-8-19;/h3-5,7-8,10H,2,6,9,11-17H2,1H3,(H2,22,23,24);1H. The van der Waals surface area contributed by atoms with E-state index in [0.29, 0.717) is 0 Å². The summed E-state index contributed by atoms with van der Waals surface area (Å²) < 4.78 is 5.37. The number of guanidine groups is 1. The summed E-state index contributed by atoms with van der Waals surface area (Å²) >= 11 is 0. The third-order valence-electron chi connectivity index (χ3n) is 5.38. The number of hydrogen-bond acceptors (Lipinski definition) is 2. The predicted molar refractivity (Wildman–Crippen MR) is 120 cm³/mol. The number of hydrogen-bond donors (Lipinski definition) is 2. The summed E-state index contributed by atoms with van der Waals surface area (Å²) in [6.45, 7) is 6.43. The molecule has 1 aliphatic heterocycles. The number of rotatable bonds is 7. The van der Waals surface area contributed by atoms with Gasteiger partial charge in [-0.2, -0.15) is 0 Å². The van der Waals surface area contributed by atoms with E-state index in [4.69, 9.17) is 9.73 Å². The lowest BCUT2D eigenvalue weighted by atomic mass is 9.64. The van der Waals surface area contributed by atoms with Crippen molar-refractivity contribution in [2.45, 2.75) is 44.4 Å². The lowest BCUT2D eigenvalue weighted by Gasteiger charge is -2.41. The van der Waals surface area contributed by atoms with E-state index in [9.17, 15) is 0 Å². The molecule has 0 atom stereocenters. The van der Waals surface area contributed by atoms with Crippen molar-refractivity contribution in [2.75, 3.05) is 32.8 Å². The lowest BCUT2D eigenvalue weighted by molar-refractivity contribution is 0.153. The van der Waals surface area contributed by atoms with Gasteiger partial charge in [0.25, 0.3) is 0 Å². The third-order valence-corrected chi connectivity index (χ3v) is 5.38. The number of nitrogens with one attached hydrogen (secondary N) is 2. The molecule has 0 saturated heterocycles. The van der Waals surface area contributed by atoms with Crippen LogP contribution in [0.15, 0.2) is 47.0 Å². The van der Waals surface area contributed by atoms with E-state index in [1.807, 2.05) is 0 Å². The molecule has 1 aromatic carbocycles. The van der Waals surface area contributed by atoms with E-state index in [-0.39, 0.29) is 29.4 Å². The maximum Gasteiger partial charge on any atom is 0.191 e. The number of benzene rings is 1. The highest BCUT2D eigenvalue weighted by atomic mass is 127. The molecule has 1 aliphatic carbocycles. The van der Waals surface area contributed by atoms with Gasteiger partial charge in [0.05, 0.1) is 19.8 Å². The van der Waals surface area contributed by atoms with Crippen molar-refractivity contribution < 1.29 is 4.74 Å². The van der Waals surface area contributed by atoms with Crippen LogP contribution in [0.5, 0.6) is 0 Å². The highest BCUT2D eigenvalue weighted by molar-refractivity contribution is 14.0. The lowest BCUT2D eigenvalue weighted by Crippen LogP contribution is -2.42. The normalized spacial score (nSPS) is 19.0. The number of nitrogens with zero attached hydrogens (tertiary/aromatic N) is 1. The van der Waals surface area contributed by atoms with Crippen LogP contribution >= 0.6 is 24.0 Å². The molecule has 0 radical (unpaired) electrons. The summed E-state index contributed by atoms with van der Waals surface area (Å²) in [4.78, 5) is 4.92. The molecule has 2 aliphatic rings. The van der Waals surface area contributed by atoms with Crippen LogP contribution in [0.25, 0.3) is 0 Å². The average molecular weight is 469 g/mol. The first-order chi connectivity index (χ1) is 12.3. The molecule has 0 spiro atoms. The summed E-state index contributed by atoms with van der Waals surface area (Å²) in [6, 6.07) is 10.9. The fourth-order valence-electron chi connectivity index (χ4n) is 3.64. The molecule has 3 rings (SSSR count). The second-order valence-corrected chi connectivity index (χ2v) is 7.06. The van der Waals surface area contributed by atoms with Crippen LogP contribution in [0, 0.1) is 0 Å². The highest BCUT2D eigenvalue weighted by Gasteiger charge is 2.38. The Morgan fingerprint density at radius 2 is 2.00 bits per heavy atom. The van der Waals surface area contributed by atoms with Gasteiger partial charge in [-0.05, 0) is 38.2 Å². The second kappa shape index (κ2) is 10.9. The number of aliphatic imine (C=N–C) groups is 1. The molecular formula is C21H32IN3O. The van der Waals surface area contributed by atoms with Gasteiger partial charge in [0, 0.05) is 18.5 Å². The Morgan fingerprint density at radius 3 is 2.62 bits per heavy atom. The molecule has 5 heteroatoms. The molecule has 144 valence electrons. The van der Waals surface area contributed by atoms with Gasteiger partial charge >= 0.3 is 0 Å². The first-order valence-corrected chi connectivity index (χ1v) is 9.66. The molecule has 1 aromatic rings. The molecule has 1 fully saturated rings. The van der Waals surface area contributed by atoms with Gasteiger partial charge in [0.1, 0.15) is 0 Å². The smallest absolute Gasteiger partial charge is 0.191 e. The van der Waals surface area contributed by atoms with Crippen LogP contribution in [0.1, 0.15) is 44.6 Å². The van der Waals surface area contributed by atoms with Crippen LogP contribution in [0.3, 0.4) is 0 Å². The Hall–Kier alpha value is -1.08. The van der Waals surface area contributed by atoms with Crippen molar-refractivity contribution in [2.24, 2.45) is 4.99 Å². The minimum absolute atomic E-state index is 0. The van der Waals surface area contributed by atoms with Gasteiger partial charge in [-0.3, -0.25) is 4.99 Å². The Balaban J connectivity index is 0.00000243. The minimum atomic E-state index is 0. The molecule has 0 bridgehead atoms. The van der Waals surface area contributed by atoms with Crippen LogP contribution in [-0.2, 0) is 10.2 Å². The largest absolute Gasteiger partial charge is 0.377 e. The van der Waals surface area contributed by atoms with Gasteiger partial charge in [-0.25, -0.2) is 0 Å². The maximum absolute atomic E-state index is 5.37. The fourth-order valence-corrected chi connectivity index (χ4v) is 3.64. The van der Waals surface area contributed by atoms with Crippen molar-refractivity contribution in [1.29, 1.82) is 0 Å². The maximum atomic E-state index is 5.37. The molecule has 4 nitrogen and oxygen atoms in total. The van der Waals surface area contributed by atoms with Crippen LogP contribution < -0.4 is 10.6 Å². The van der Waals surface area contributed by atoms with E-state index < -0.39 is 0 Å². The summed E-state index contributed by atoms with van der Waals surface area (Å²) in [6.07, 6.45) is 8.14. The molecule has 1 saturated carbocycles. The Kier molecular flexibility index (Phi) is 8.91. The summed E-state index contributed by atoms with van der Waals surface area (Å²) in [5.74, 6) is 0.942. The zero-order valence-electron chi connectivity index (χ0n) is 15.8. The van der Waals surface area contributed by atoms with E-state index >= 15 is 0 Å². The van der Waals surface area contributed by atoms with Crippen molar-refractivity contribution >= 4 is 29.9 Å². The minimum Gasteiger partial charge on any atom is -0.377 e. The van der Waals surface area contributed by atoms with Crippen LogP contribution in [0.4, 0.5) is 0 Å². The topological polar surface area (TPSA) is 45.7 Å². The van der Waals surface area contributed by atoms with E-state index in [0.717, 1.165) is 51.6 Å². The van der Waals surface area contributed by atoms with Crippen molar-refractivity contribution in [3.8, 4) is 0 Å². The van der Waals surface area contributed by atoms with Crippen molar-refractivity contribution in [1.82, 2.24) is 10.6 Å². The molecule has 0 aromatic heterocycles. The fraction of sp³-hybridized carbons (Fsp3) is 0.571. The molecule has 0 amide bonds. The Bertz CT molecular complexity index is 597. The predicted octanol–water partition coefficient (Wildman–Crippen LogP) is 4.02. The molecule has 1 heterocycles. The monoisotopic (exact) mass is 469 g/mol. The number of halogens is 1. The SMILES string of the molecule is CCNC(=NCC1(c2ccccc2)CCC1)NCCC1=CCOCC1.I. The zero-order chi connectivity index (χ0) is 17.4. The van der Waals surface area contributed by atoms with Crippen LogP contribution in [0.2, 0.25) is 0 Å². The highest BCUT2D eigenvalue weighted by Crippen LogP contribution is 2.43. The zero-order valence-corrected chi connectivity index (χ0v) is 18.1. The van der Waals surface area contributed by atoms with Gasteiger partial charge in [0.15, 0.2) is 5.96 Å². The average Bonchev–Trinajstić information content (AvgIpc) is 2.62. The Labute approximate surface area is 174 Å². The van der Waals surface area contributed by atoms with E-state index in [2.05, 4.69) is 54.0 Å². The van der Waals surface area contributed by atoms with Gasteiger partial charge in [-0.1, -0.05) is 48.4 Å². The van der Waals surface area contributed by atoms with E-state index in [1.165, 1.54) is 30.4 Å². The Morgan fingerprint density at radius 1 is 1.19 bits per heavy atom. The van der Waals surface area contributed by atoms with E-state index in [1.54, 1.807) is 0 Å². The van der Waals surface area contributed by atoms with Crippen LogP contribution in [-0.4, -0.2) is 38.8 Å². The first-order valence-electron chi connectivity index (χ1n) is 9.66. The summed E-state index contributed by atoms with van der Waals surface area (Å²) in [5, 5.41) is 6.88. The third kappa shape index (κ3) is 5.71. The van der Waals surface area contributed by atoms with Crippen molar-refractivity contribution in [3.05, 3.63) is 47.5 Å². The first kappa shape index (κ1) is 21.2. The molecule has 26 heavy (non-hydrogen) atoms. The second-order valence-electron chi connectivity index (χ2n) is 7.06. The molecule has 0 unspecified atom stereocenters. The summed E-state index contributed by atoms with van der Waals surface area (Å²) in [7, 11) is 0. The quantitative estimate of drug-likeness (QED) is 0.275. The van der Waals surface area contributed by atoms with Gasteiger partial charge in [-0.15, -0.1) is 24.0 Å². The summed E-state index contributed by atoms with van der Waals surface area (Å²) in [5.41, 5.74) is 3.18. The molecule has 2 N–H and O–H groups in total. The van der Waals surface area contributed by atoms with Crippen molar-refractivity contribution in [3.63, 3.8) is 0 Å². The number of ether oxygens (including phenoxy) is 1. The van der Waals surface area contributed by atoms with Gasteiger partial charge < -0.3 is 15.4 Å². The van der Waals surface area contributed by atoms with Gasteiger partial charge in [0.2, 0.25) is 0 Å². The molecular weight excluding hydrogens is 437 g/mol.